The van der Waals surface area contributed by atoms with Gasteiger partial charge >= 0.3 is 0 Å². The van der Waals surface area contributed by atoms with E-state index in [4.69, 9.17) is 11.6 Å². The molecule has 5 nitrogen and oxygen atoms in total. The number of sulfonamides is 1. The van der Waals surface area contributed by atoms with Crippen LogP contribution in [0.15, 0.2) is 71.6 Å². The van der Waals surface area contributed by atoms with Crippen molar-refractivity contribution in [3.63, 3.8) is 0 Å². The van der Waals surface area contributed by atoms with Crippen LogP contribution in [0.3, 0.4) is 0 Å². The van der Waals surface area contributed by atoms with Crippen molar-refractivity contribution in [3.05, 3.63) is 94.0 Å². The Hall–Kier alpha value is -2.83. The molecule has 0 fully saturated rings. The van der Waals surface area contributed by atoms with Crippen LogP contribution in [0.25, 0.3) is 0 Å². The quantitative estimate of drug-likeness (QED) is 0.444. The third-order valence-electron chi connectivity index (χ3n) is 5.63. The van der Waals surface area contributed by atoms with Crippen LogP contribution in [-0.2, 0) is 14.8 Å². The molecule has 0 aliphatic rings. The van der Waals surface area contributed by atoms with Crippen molar-refractivity contribution in [2.75, 3.05) is 10.8 Å². The molecule has 1 amide bonds. The lowest BCUT2D eigenvalue weighted by atomic mass is 10.0. The second-order valence-electron chi connectivity index (χ2n) is 8.15. The van der Waals surface area contributed by atoms with Crippen LogP contribution in [-0.4, -0.2) is 20.9 Å². The standard InChI is InChI=1S/C26H29ClN2O3S/c1-5-24(21-13-9-18(2)10-14-21)28-26(30)17-29(25-8-6-7-23(27)20(25)4)33(31,32)22-15-11-19(3)12-16-22/h6-16,24H,5,17H2,1-4H3,(H,28,30). The normalized spacial score (nSPS) is 12.3. The summed E-state index contributed by atoms with van der Waals surface area (Å²) in [7, 11) is -4.00. The van der Waals surface area contributed by atoms with E-state index in [2.05, 4.69) is 5.32 Å². The Kier molecular flexibility index (Phi) is 7.82. The van der Waals surface area contributed by atoms with E-state index in [1.54, 1.807) is 49.4 Å². The number of halogens is 1. The number of carbonyl (C=O) groups is 1. The smallest absolute Gasteiger partial charge is 0.264 e. The monoisotopic (exact) mass is 484 g/mol. The molecule has 0 saturated heterocycles. The molecule has 0 heterocycles. The molecule has 1 unspecified atom stereocenters. The van der Waals surface area contributed by atoms with Crippen LogP contribution in [0.5, 0.6) is 0 Å². The van der Waals surface area contributed by atoms with Crippen LogP contribution in [0.1, 0.15) is 41.6 Å². The van der Waals surface area contributed by atoms with Gasteiger partial charge in [-0.05, 0) is 62.6 Å². The molecule has 3 rings (SSSR count). The van der Waals surface area contributed by atoms with Gasteiger partial charge in [0, 0.05) is 5.02 Å². The Morgan fingerprint density at radius 1 is 0.939 bits per heavy atom. The Balaban J connectivity index is 1.95. The first kappa shape index (κ1) is 24.8. The van der Waals surface area contributed by atoms with Crippen LogP contribution in [0.4, 0.5) is 5.69 Å². The van der Waals surface area contributed by atoms with Gasteiger partial charge in [0.15, 0.2) is 0 Å². The molecular weight excluding hydrogens is 456 g/mol. The largest absolute Gasteiger partial charge is 0.348 e. The number of carbonyl (C=O) groups excluding carboxylic acids is 1. The number of benzene rings is 3. The first-order valence-corrected chi connectivity index (χ1v) is 12.7. The van der Waals surface area contributed by atoms with E-state index in [0.717, 1.165) is 21.0 Å². The van der Waals surface area contributed by atoms with Gasteiger partial charge in [0.25, 0.3) is 10.0 Å². The molecular formula is C26H29ClN2O3S. The molecule has 0 aliphatic heterocycles. The lowest BCUT2D eigenvalue weighted by Crippen LogP contribution is -2.42. The molecule has 0 bridgehead atoms. The van der Waals surface area contributed by atoms with Gasteiger partial charge in [0.1, 0.15) is 6.54 Å². The molecule has 0 spiro atoms. The van der Waals surface area contributed by atoms with E-state index in [1.165, 1.54) is 0 Å². The topological polar surface area (TPSA) is 66.5 Å². The van der Waals surface area contributed by atoms with E-state index in [-0.39, 0.29) is 17.5 Å². The summed E-state index contributed by atoms with van der Waals surface area (Å²) in [6.45, 7) is 7.25. The third kappa shape index (κ3) is 5.75. The zero-order valence-electron chi connectivity index (χ0n) is 19.3. The van der Waals surface area contributed by atoms with E-state index < -0.39 is 15.9 Å². The van der Waals surface area contributed by atoms with Crippen LogP contribution < -0.4 is 9.62 Å². The highest BCUT2D eigenvalue weighted by Gasteiger charge is 2.29. The van der Waals surface area contributed by atoms with Crippen molar-refractivity contribution in [1.82, 2.24) is 5.32 Å². The lowest BCUT2D eigenvalue weighted by Gasteiger charge is -2.27. The summed E-state index contributed by atoms with van der Waals surface area (Å²) >= 11 is 6.29. The molecule has 7 heteroatoms. The summed E-state index contributed by atoms with van der Waals surface area (Å²) in [5.41, 5.74) is 4.02. The predicted octanol–water partition coefficient (Wildman–Crippen LogP) is 5.73. The summed E-state index contributed by atoms with van der Waals surface area (Å²) in [4.78, 5) is 13.2. The molecule has 0 aliphatic carbocycles. The van der Waals surface area contributed by atoms with Gasteiger partial charge < -0.3 is 5.32 Å². The molecule has 3 aromatic rings. The summed E-state index contributed by atoms with van der Waals surface area (Å²) < 4.78 is 28.4. The highest BCUT2D eigenvalue weighted by Crippen LogP contribution is 2.31. The average molecular weight is 485 g/mol. The van der Waals surface area contributed by atoms with Gasteiger partial charge in [0.2, 0.25) is 5.91 Å². The summed E-state index contributed by atoms with van der Waals surface area (Å²) in [5, 5.41) is 3.42. The Bertz CT molecular complexity index is 1220. The SMILES string of the molecule is CCC(NC(=O)CN(c1cccc(Cl)c1C)S(=O)(=O)c1ccc(C)cc1)c1ccc(C)cc1. The minimum atomic E-state index is -4.00. The zero-order valence-corrected chi connectivity index (χ0v) is 20.9. The van der Waals surface area contributed by atoms with E-state index in [0.29, 0.717) is 22.7 Å². The van der Waals surface area contributed by atoms with Crippen molar-refractivity contribution in [2.24, 2.45) is 0 Å². The molecule has 174 valence electrons. The highest BCUT2D eigenvalue weighted by atomic mass is 35.5. The Morgan fingerprint density at radius 3 is 2.09 bits per heavy atom. The minimum absolute atomic E-state index is 0.117. The average Bonchev–Trinajstić information content (AvgIpc) is 2.79. The number of anilines is 1. The van der Waals surface area contributed by atoms with Crippen molar-refractivity contribution in [3.8, 4) is 0 Å². The molecule has 3 aromatic carbocycles. The van der Waals surface area contributed by atoms with Crippen LogP contribution >= 0.6 is 11.6 Å². The number of nitrogens with zero attached hydrogens (tertiary/aromatic N) is 1. The Morgan fingerprint density at radius 2 is 1.52 bits per heavy atom. The van der Waals surface area contributed by atoms with Gasteiger partial charge in [-0.3, -0.25) is 9.10 Å². The number of aryl methyl sites for hydroxylation is 2. The molecule has 33 heavy (non-hydrogen) atoms. The number of rotatable bonds is 8. The maximum Gasteiger partial charge on any atom is 0.264 e. The molecule has 0 radical (unpaired) electrons. The van der Waals surface area contributed by atoms with E-state index >= 15 is 0 Å². The van der Waals surface area contributed by atoms with Gasteiger partial charge in [-0.15, -0.1) is 0 Å². The van der Waals surface area contributed by atoms with Crippen molar-refractivity contribution in [2.45, 2.75) is 45.1 Å². The number of hydrogen-bond acceptors (Lipinski definition) is 3. The lowest BCUT2D eigenvalue weighted by molar-refractivity contribution is -0.120. The summed E-state index contributed by atoms with van der Waals surface area (Å²) in [5.74, 6) is -0.391. The Labute approximate surface area is 201 Å². The fraction of sp³-hybridized carbons (Fsp3) is 0.269. The van der Waals surface area contributed by atoms with Gasteiger partial charge in [0.05, 0.1) is 16.6 Å². The maximum atomic E-state index is 13.6. The van der Waals surface area contributed by atoms with Crippen LogP contribution in [0.2, 0.25) is 5.02 Å². The third-order valence-corrected chi connectivity index (χ3v) is 7.81. The second-order valence-corrected chi connectivity index (χ2v) is 10.4. The van der Waals surface area contributed by atoms with E-state index in [1.807, 2.05) is 45.0 Å². The molecule has 0 aromatic heterocycles. The van der Waals surface area contributed by atoms with E-state index in [9.17, 15) is 13.2 Å². The fourth-order valence-electron chi connectivity index (χ4n) is 3.59. The van der Waals surface area contributed by atoms with Crippen LogP contribution in [0, 0.1) is 20.8 Å². The molecule has 1 atom stereocenters. The van der Waals surface area contributed by atoms with Gasteiger partial charge in [-0.25, -0.2) is 8.42 Å². The first-order chi connectivity index (χ1) is 15.6. The predicted molar refractivity (Wildman–Crippen MR) is 134 cm³/mol. The zero-order chi connectivity index (χ0) is 24.2. The van der Waals surface area contributed by atoms with Crippen molar-refractivity contribution in [1.29, 1.82) is 0 Å². The second kappa shape index (κ2) is 10.4. The molecule has 1 N–H and O–H groups in total. The van der Waals surface area contributed by atoms with Crippen molar-refractivity contribution < 1.29 is 13.2 Å². The summed E-state index contributed by atoms with van der Waals surface area (Å²) in [6.07, 6.45) is 0.676. The van der Waals surface area contributed by atoms with Gasteiger partial charge in [-0.2, -0.15) is 0 Å². The maximum absolute atomic E-state index is 13.6. The summed E-state index contributed by atoms with van der Waals surface area (Å²) in [6, 6.07) is 19.3. The fourth-order valence-corrected chi connectivity index (χ4v) is 5.24. The number of nitrogens with one attached hydrogen (secondary N) is 1. The minimum Gasteiger partial charge on any atom is -0.348 e. The van der Waals surface area contributed by atoms with Gasteiger partial charge in [-0.1, -0.05) is 72.1 Å². The number of amides is 1. The first-order valence-electron chi connectivity index (χ1n) is 10.8. The number of hydrogen-bond donors (Lipinski definition) is 1. The molecule has 0 saturated carbocycles. The highest BCUT2D eigenvalue weighted by molar-refractivity contribution is 7.92. The van der Waals surface area contributed by atoms with Crippen molar-refractivity contribution >= 4 is 33.2 Å².